The first-order valence-electron chi connectivity index (χ1n) is 4.95. The third-order valence-electron chi connectivity index (χ3n) is 2.87. The fourth-order valence-corrected chi connectivity index (χ4v) is 1.92. The van der Waals surface area contributed by atoms with Crippen molar-refractivity contribution in [3.8, 4) is 0 Å². The van der Waals surface area contributed by atoms with Crippen LogP contribution in [0.5, 0.6) is 0 Å². The summed E-state index contributed by atoms with van der Waals surface area (Å²) >= 11 is 0. The summed E-state index contributed by atoms with van der Waals surface area (Å²) in [7, 11) is 0. The zero-order valence-corrected chi connectivity index (χ0v) is 7.61. The van der Waals surface area contributed by atoms with Crippen molar-refractivity contribution in [3.63, 3.8) is 0 Å². The Bertz CT molecular complexity index is 350. The van der Waals surface area contributed by atoms with Crippen LogP contribution in [0.3, 0.4) is 0 Å². The quantitative estimate of drug-likeness (QED) is 0.628. The number of nitrogens with zero attached hydrogens (tertiary/aromatic N) is 1. The van der Waals surface area contributed by atoms with Crippen LogP contribution in [-0.2, 0) is 6.54 Å². The Hall–Kier alpha value is -1.24. The smallest absolute Gasteiger partial charge is 0.0433 e. The third kappa shape index (κ3) is 1.24. The summed E-state index contributed by atoms with van der Waals surface area (Å²) in [5, 5.41) is 0. The van der Waals surface area contributed by atoms with Crippen LogP contribution in [0.25, 0.3) is 6.08 Å². The maximum Gasteiger partial charge on any atom is 0.0433 e. The van der Waals surface area contributed by atoms with E-state index in [9.17, 15) is 0 Å². The molecule has 0 radical (unpaired) electrons. The standard InChI is InChI=1S/C12H13N/c1-2-4-11-9-13(12-5-6-12)8-7-10(11)3-1/h1-4,7-8,12H,5-6,9H2. The molecule has 0 unspecified atom stereocenters. The molecular weight excluding hydrogens is 158 g/mol. The average molecular weight is 171 g/mol. The van der Waals surface area contributed by atoms with E-state index in [-0.39, 0.29) is 0 Å². The highest BCUT2D eigenvalue weighted by Crippen LogP contribution is 2.31. The molecule has 1 aromatic carbocycles. The van der Waals surface area contributed by atoms with Gasteiger partial charge in [0.2, 0.25) is 0 Å². The molecule has 2 aliphatic rings. The highest BCUT2D eigenvalue weighted by Gasteiger charge is 2.28. The minimum absolute atomic E-state index is 0.838. The van der Waals surface area contributed by atoms with Gasteiger partial charge in [-0.25, -0.2) is 0 Å². The van der Waals surface area contributed by atoms with Crippen molar-refractivity contribution >= 4 is 6.08 Å². The first-order valence-corrected chi connectivity index (χ1v) is 4.95. The Kier molecular flexibility index (Phi) is 1.45. The second-order valence-electron chi connectivity index (χ2n) is 3.92. The highest BCUT2D eigenvalue weighted by atomic mass is 15.2. The van der Waals surface area contributed by atoms with Crippen molar-refractivity contribution in [1.29, 1.82) is 0 Å². The molecule has 0 aromatic heterocycles. The number of hydrogen-bond acceptors (Lipinski definition) is 1. The van der Waals surface area contributed by atoms with Gasteiger partial charge in [-0.05, 0) is 30.0 Å². The van der Waals surface area contributed by atoms with Crippen LogP contribution in [0.1, 0.15) is 24.0 Å². The van der Waals surface area contributed by atoms with Crippen molar-refractivity contribution in [3.05, 3.63) is 41.6 Å². The lowest BCUT2D eigenvalue weighted by atomic mass is 10.0. The van der Waals surface area contributed by atoms with E-state index in [4.69, 9.17) is 0 Å². The average Bonchev–Trinajstić information content (AvgIpc) is 3.00. The zero-order chi connectivity index (χ0) is 8.67. The van der Waals surface area contributed by atoms with Crippen molar-refractivity contribution in [2.45, 2.75) is 25.4 Å². The van der Waals surface area contributed by atoms with Crippen molar-refractivity contribution in [2.75, 3.05) is 0 Å². The molecule has 1 aliphatic carbocycles. The summed E-state index contributed by atoms with van der Waals surface area (Å²) in [4.78, 5) is 2.46. The second kappa shape index (κ2) is 2.63. The van der Waals surface area contributed by atoms with Gasteiger partial charge >= 0.3 is 0 Å². The van der Waals surface area contributed by atoms with Gasteiger partial charge in [0.15, 0.2) is 0 Å². The van der Waals surface area contributed by atoms with E-state index in [1.54, 1.807) is 0 Å². The summed E-state index contributed by atoms with van der Waals surface area (Å²) in [6.07, 6.45) is 7.25. The van der Waals surface area contributed by atoms with E-state index >= 15 is 0 Å². The Morgan fingerprint density at radius 1 is 1.15 bits per heavy atom. The van der Waals surface area contributed by atoms with Gasteiger partial charge in [-0.3, -0.25) is 0 Å². The molecule has 1 heteroatoms. The fourth-order valence-electron chi connectivity index (χ4n) is 1.92. The highest BCUT2D eigenvalue weighted by molar-refractivity contribution is 5.55. The van der Waals surface area contributed by atoms with Gasteiger partial charge in [0.25, 0.3) is 0 Å². The molecule has 66 valence electrons. The third-order valence-corrected chi connectivity index (χ3v) is 2.87. The van der Waals surface area contributed by atoms with Gasteiger partial charge in [0, 0.05) is 18.8 Å². The lowest BCUT2D eigenvalue weighted by Crippen LogP contribution is -2.21. The van der Waals surface area contributed by atoms with Crippen LogP contribution in [0.2, 0.25) is 0 Å². The van der Waals surface area contributed by atoms with Gasteiger partial charge in [0.05, 0.1) is 0 Å². The molecule has 1 saturated carbocycles. The first kappa shape index (κ1) is 7.19. The van der Waals surface area contributed by atoms with Crippen LogP contribution < -0.4 is 0 Å². The molecule has 3 rings (SSSR count). The molecule has 0 spiro atoms. The Morgan fingerprint density at radius 3 is 2.85 bits per heavy atom. The van der Waals surface area contributed by atoms with Gasteiger partial charge in [0.1, 0.15) is 0 Å². The SMILES string of the molecule is C1=CN(C2CC2)Cc2ccccc21. The van der Waals surface area contributed by atoms with Crippen molar-refractivity contribution < 1.29 is 0 Å². The van der Waals surface area contributed by atoms with Gasteiger partial charge in [-0.15, -0.1) is 0 Å². The second-order valence-corrected chi connectivity index (χ2v) is 3.92. The fraction of sp³-hybridized carbons (Fsp3) is 0.333. The monoisotopic (exact) mass is 171 g/mol. The van der Waals surface area contributed by atoms with Crippen molar-refractivity contribution in [1.82, 2.24) is 4.90 Å². The van der Waals surface area contributed by atoms with E-state index < -0.39 is 0 Å². The minimum atomic E-state index is 0.838. The normalized spacial score (nSPS) is 20.2. The number of fused-ring (bicyclic) bond motifs is 1. The largest absolute Gasteiger partial charge is 0.370 e. The molecule has 0 bridgehead atoms. The molecule has 0 atom stereocenters. The maximum atomic E-state index is 2.46. The van der Waals surface area contributed by atoms with E-state index in [0.29, 0.717) is 0 Å². The molecule has 1 aromatic rings. The first-order chi connectivity index (χ1) is 6.43. The molecular formula is C12H13N. The van der Waals surface area contributed by atoms with Crippen LogP contribution >= 0.6 is 0 Å². The Labute approximate surface area is 78.7 Å². The minimum Gasteiger partial charge on any atom is -0.370 e. The van der Waals surface area contributed by atoms with E-state index in [0.717, 1.165) is 12.6 Å². The van der Waals surface area contributed by atoms with Gasteiger partial charge < -0.3 is 4.90 Å². The van der Waals surface area contributed by atoms with E-state index in [1.807, 2.05) is 0 Å². The van der Waals surface area contributed by atoms with Gasteiger partial charge in [-0.1, -0.05) is 24.3 Å². The lowest BCUT2D eigenvalue weighted by Gasteiger charge is -2.24. The number of benzene rings is 1. The van der Waals surface area contributed by atoms with Crippen LogP contribution in [0.4, 0.5) is 0 Å². The lowest BCUT2D eigenvalue weighted by molar-refractivity contribution is 0.356. The Morgan fingerprint density at radius 2 is 2.00 bits per heavy atom. The molecule has 0 amide bonds. The molecule has 1 fully saturated rings. The predicted molar refractivity (Wildman–Crippen MR) is 54.0 cm³/mol. The number of rotatable bonds is 1. The topological polar surface area (TPSA) is 3.24 Å². The van der Waals surface area contributed by atoms with E-state index in [2.05, 4.69) is 41.4 Å². The zero-order valence-electron chi connectivity index (χ0n) is 7.61. The van der Waals surface area contributed by atoms with Gasteiger partial charge in [-0.2, -0.15) is 0 Å². The van der Waals surface area contributed by atoms with Crippen LogP contribution in [-0.4, -0.2) is 10.9 Å². The molecule has 0 N–H and O–H groups in total. The molecule has 1 aliphatic heterocycles. The summed E-state index contributed by atoms with van der Waals surface area (Å²) in [6.45, 7) is 1.11. The predicted octanol–water partition coefficient (Wildman–Crippen LogP) is 2.64. The summed E-state index contributed by atoms with van der Waals surface area (Å²) < 4.78 is 0. The maximum absolute atomic E-state index is 2.46. The molecule has 1 nitrogen and oxygen atoms in total. The van der Waals surface area contributed by atoms with E-state index in [1.165, 1.54) is 24.0 Å². The Balaban J connectivity index is 1.93. The molecule has 1 heterocycles. The van der Waals surface area contributed by atoms with Crippen molar-refractivity contribution in [2.24, 2.45) is 0 Å². The molecule has 0 saturated heterocycles. The summed E-state index contributed by atoms with van der Waals surface area (Å²) in [6, 6.07) is 9.49. The molecule has 13 heavy (non-hydrogen) atoms. The van der Waals surface area contributed by atoms with Crippen LogP contribution in [0.15, 0.2) is 30.5 Å². The summed E-state index contributed by atoms with van der Waals surface area (Å²) in [5.74, 6) is 0. The number of hydrogen-bond donors (Lipinski definition) is 0. The van der Waals surface area contributed by atoms with Crippen LogP contribution in [0, 0.1) is 0 Å². The summed E-state index contributed by atoms with van der Waals surface area (Å²) in [5.41, 5.74) is 2.86.